The number of rotatable bonds is 4. The van der Waals surface area contributed by atoms with Crippen molar-refractivity contribution in [3.05, 3.63) is 96.8 Å². The lowest BCUT2D eigenvalue weighted by molar-refractivity contribution is -0.134. The van der Waals surface area contributed by atoms with Crippen LogP contribution >= 0.6 is 43.5 Å². The Kier molecular flexibility index (Phi) is 8.60. The Morgan fingerprint density at radius 2 is 1.64 bits per heavy atom. The van der Waals surface area contributed by atoms with Gasteiger partial charge in [0.15, 0.2) is 0 Å². The van der Waals surface area contributed by atoms with E-state index < -0.39 is 0 Å². The molecule has 3 aliphatic rings. The number of hydrogen-bond acceptors (Lipinski definition) is 3. The molecule has 1 atom stereocenters. The molecule has 228 valence electrons. The van der Waals surface area contributed by atoms with Gasteiger partial charge in [0.2, 0.25) is 5.91 Å². The summed E-state index contributed by atoms with van der Waals surface area (Å²) in [6.07, 6.45) is 7.95. The van der Waals surface area contributed by atoms with Crippen LogP contribution in [0.4, 0.5) is 0 Å². The Bertz CT molecular complexity index is 1690. The maximum Gasteiger partial charge on any atom is 0.270 e. The molecular weight excluding hydrogens is 704 g/mol. The highest BCUT2D eigenvalue weighted by Gasteiger charge is 2.37. The summed E-state index contributed by atoms with van der Waals surface area (Å²) in [4.78, 5) is 38.8. The number of fused-ring (bicyclic) bond motifs is 3. The maximum atomic E-state index is 13.5. The number of benzene rings is 2. The molecule has 0 spiro atoms. The largest absolute Gasteiger partial charge is 0.351 e. The highest BCUT2D eigenvalue weighted by molar-refractivity contribution is 9.10. The summed E-state index contributed by atoms with van der Waals surface area (Å²) in [5.41, 5.74) is 6.66. The second kappa shape index (κ2) is 12.6. The van der Waals surface area contributed by atoms with E-state index in [1.54, 1.807) is 0 Å². The van der Waals surface area contributed by atoms with Gasteiger partial charge in [-0.2, -0.15) is 0 Å². The lowest BCUT2D eigenvalue weighted by Gasteiger charge is -2.38. The highest BCUT2D eigenvalue weighted by atomic mass is 79.9. The van der Waals surface area contributed by atoms with Gasteiger partial charge < -0.3 is 14.8 Å². The number of nitrogens with one attached hydrogen (secondary N) is 1. The van der Waals surface area contributed by atoms with E-state index in [4.69, 9.17) is 16.6 Å². The van der Waals surface area contributed by atoms with Gasteiger partial charge in [0.25, 0.3) is 5.91 Å². The number of pyridine rings is 1. The van der Waals surface area contributed by atoms with E-state index in [-0.39, 0.29) is 17.7 Å². The van der Waals surface area contributed by atoms with Crippen molar-refractivity contribution in [3.8, 4) is 0 Å². The first-order valence-corrected chi connectivity index (χ1v) is 17.6. The number of H-pyrrole nitrogens is 1. The Morgan fingerprint density at radius 1 is 0.909 bits per heavy atom. The molecule has 0 saturated carbocycles. The number of aromatic nitrogens is 2. The number of aryl methyl sites for hydroxylation is 2. The number of nitrogens with zero attached hydrogens (tertiary/aromatic N) is 3. The number of halogens is 3. The zero-order chi connectivity index (χ0) is 30.4. The van der Waals surface area contributed by atoms with Crippen LogP contribution in [0.2, 0.25) is 5.02 Å². The molecule has 9 heteroatoms. The minimum Gasteiger partial charge on any atom is -0.351 e. The summed E-state index contributed by atoms with van der Waals surface area (Å²) in [5.74, 6) is 1.17. The van der Waals surface area contributed by atoms with Crippen LogP contribution in [0.25, 0.3) is 10.9 Å². The molecule has 0 bridgehead atoms. The number of likely N-dealkylation sites (tertiary alicyclic amines) is 2. The molecule has 4 aromatic rings. The SMILES string of the molecule is O=C(CC1CCN(C(=O)c2cc3ccccc3[nH]2)CC1)N1CCC([C@H]2c3ncc(Br)cc3CCc3cc(Cl)cc(Br)c32)CC1. The van der Waals surface area contributed by atoms with Crippen LogP contribution < -0.4 is 0 Å². The van der Waals surface area contributed by atoms with Gasteiger partial charge in [0.1, 0.15) is 5.69 Å². The van der Waals surface area contributed by atoms with Crippen molar-refractivity contribution in [3.63, 3.8) is 0 Å². The van der Waals surface area contributed by atoms with Gasteiger partial charge in [-0.1, -0.05) is 45.7 Å². The average Bonchev–Trinajstić information content (AvgIpc) is 3.39. The van der Waals surface area contributed by atoms with Crippen LogP contribution in [0.15, 0.2) is 63.7 Å². The van der Waals surface area contributed by atoms with Gasteiger partial charge in [-0.15, -0.1) is 0 Å². The second-order valence-electron chi connectivity index (χ2n) is 12.6. The minimum atomic E-state index is 0.0467. The van der Waals surface area contributed by atoms with Crippen LogP contribution in [-0.4, -0.2) is 57.8 Å². The highest BCUT2D eigenvalue weighted by Crippen LogP contribution is 2.46. The van der Waals surface area contributed by atoms with Crippen molar-refractivity contribution in [1.82, 2.24) is 19.8 Å². The maximum absolute atomic E-state index is 13.5. The van der Waals surface area contributed by atoms with Gasteiger partial charge in [-0.05, 0) is 113 Å². The van der Waals surface area contributed by atoms with Crippen molar-refractivity contribution in [2.24, 2.45) is 11.8 Å². The molecule has 0 radical (unpaired) electrons. The number of para-hydroxylation sites is 1. The lowest BCUT2D eigenvalue weighted by Crippen LogP contribution is -2.43. The third-order valence-electron chi connectivity index (χ3n) is 9.91. The first-order valence-electron chi connectivity index (χ1n) is 15.6. The van der Waals surface area contributed by atoms with Crippen LogP contribution in [-0.2, 0) is 17.6 Å². The smallest absolute Gasteiger partial charge is 0.270 e. The number of carbonyl (C=O) groups is 2. The van der Waals surface area contributed by atoms with E-state index in [2.05, 4.69) is 53.9 Å². The summed E-state index contributed by atoms with van der Waals surface area (Å²) in [5, 5.41) is 1.80. The van der Waals surface area contributed by atoms with Gasteiger partial charge in [-0.3, -0.25) is 14.6 Å². The molecular formula is C35H35Br2ClN4O2. The predicted molar refractivity (Wildman–Crippen MR) is 181 cm³/mol. The fourth-order valence-electron chi connectivity index (χ4n) is 7.59. The van der Waals surface area contributed by atoms with Crippen LogP contribution in [0.3, 0.4) is 0 Å². The predicted octanol–water partition coefficient (Wildman–Crippen LogP) is 8.15. The fraction of sp³-hybridized carbons (Fsp3) is 0.400. The minimum absolute atomic E-state index is 0.0467. The molecule has 44 heavy (non-hydrogen) atoms. The zero-order valence-corrected chi connectivity index (χ0v) is 28.4. The normalized spacial score (nSPS) is 19.5. The van der Waals surface area contributed by atoms with Crippen LogP contribution in [0.1, 0.15) is 70.9 Å². The molecule has 6 nitrogen and oxygen atoms in total. The summed E-state index contributed by atoms with van der Waals surface area (Å²) in [7, 11) is 0. The summed E-state index contributed by atoms with van der Waals surface area (Å²) in [6, 6.07) is 16.2. The monoisotopic (exact) mass is 736 g/mol. The summed E-state index contributed by atoms with van der Waals surface area (Å²) < 4.78 is 2.06. The summed E-state index contributed by atoms with van der Waals surface area (Å²) in [6.45, 7) is 2.92. The molecule has 4 heterocycles. The molecule has 2 saturated heterocycles. The Balaban J connectivity index is 0.979. The van der Waals surface area contributed by atoms with Crippen molar-refractivity contribution in [1.29, 1.82) is 0 Å². The van der Waals surface area contributed by atoms with E-state index in [0.717, 1.165) is 82.2 Å². The molecule has 2 aliphatic heterocycles. The Hall–Kier alpha value is -2.68. The molecule has 2 amide bonds. The van der Waals surface area contributed by atoms with E-state index in [0.29, 0.717) is 37.0 Å². The van der Waals surface area contributed by atoms with E-state index in [1.165, 1.54) is 16.7 Å². The van der Waals surface area contributed by atoms with Crippen LogP contribution in [0, 0.1) is 11.8 Å². The quantitative estimate of drug-likeness (QED) is 0.230. The number of carbonyl (C=O) groups excluding carboxylic acids is 2. The molecule has 7 rings (SSSR count). The third kappa shape index (κ3) is 5.97. The zero-order valence-electron chi connectivity index (χ0n) is 24.5. The topological polar surface area (TPSA) is 69.3 Å². The fourth-order valence-corrected chi connectivity index (χ4v) is 9.09. The molecule has 2 aromatic heterocycles. The van der Waals surface area contributed by atoms with Crippen LogP contribution in [0.5, 0.6) is 0 Å². The van der Waals surface area contributed by atoms with Gasteiger partial charge >= 0.3 is 0 Å². The number of hydrogen-bond donors (Lipinski definition) is 1. The summed E-state index contributed by atoms with van der Waals surface area (Å²) >= 11 is 14.0. The van der Waals surface area contributed by atoms with Crippen molar-refractivity contribution >= 4 is 66.2 Å². The van der Waals surface area contributed by atoms with Gasteiger partial charge in [-0.25, -0.2) is 0 Å². The van der Waals surface area contributed by atoms with Crippen molar-refractivity contribution in [2.75, 3.05) is 26.2 Å². The molecule has 1 aliphatic carbocycles. The van der Waals surface area contributed by atoms with Crippen molar-refractivity contribution < 1.29 is 9.59 Å². The standard InChI is InChI=1S/C35H35Br2ClN4O2/c36-26-16-25-6-5-24-17-27(38)19-28(37)32(24)33(34(25)39-20-26)22-9-13-41(14-10-22)31(43)15-21-7-11-42(12-8-21)35(44)30-18-23-3-1-2-4-29(23)40-30/h1-4,16-22,33,40H,5-15H2/t33-/m1/s1. The first kappa shape index (κ1) is 30.0. The van der Waals surface area contributed by atoms with Crippen molar-refractivity contribution in [2.45, 2.75) is 50.9 Å². The lowest BCUT2D eigenvalue weighted by atomic mass is 9.76. The van der Waals surface area contributed by atoms with Gasteiger partial charge in [0.05, 0.1) is 5.69 Å². The molecule has 0 unspecified atom stereocenters. The first-order chi connectivity index (χ1) is 21.3. The Morgan fingerprint density at radius 3 is 2.41 bits per heavy atom. The number of amides is 2. The molecule has 2 fully saturated rings. The van der Waals surface area contributed by atoms with E-state index in [9.17, 15) is 9.59 Å². The van der Waals surface area contributed by atoms with E-state index in [1.807, 2.05) is 47.5 Å². The van der Waals surface area contributed by atoms with Gasteiger partial charge in [0, 0.05) is 69.6 Å². The van der Waals surface area contributed by atoms with E-state index >= 15 is 0 Å². The molecule has 2 aromatic carbocycles. The number of aromatic amines is 1. The number of piperidine rings is 2. The molecule has 1 N–H and O–H groups in total. The third-order valence-corrected chi connectivity index (χ3v) is 11.2. The second-order valence-corrected chi connectivity index (χ2v) is 14.8. The average molecular weight is 739 g/mol. The Labute approximate surface area is 279 Å².